The van der Waals surface area contributed by atoms with E-state index in [2.05, 4.69) is 5.32 Å². The highest BCUT2D eigenvalue weighted by Gasteiger charge is 2.49. The van der Waals surface area contributed by atoms with E-state index in [-0.39, 0.29) is 19.0 Å². The van der Waals surface area contributed by atoms with Crippen LogP contribution in [0.4, 0.5) is 5.69 Å². The van der Waals surface area contributed by atoms with Crippen molar-refractivity contribution >= 4 is 23.4 Å². The van der Waals surface area contributed by atoms with Crippen molar-refractivity contribution in [1.29, 1.82) is 0 Å². The number of dihydropyridines is 1. The Hall–Kier alpha value is -4.07. The number of allylic oxidation sites excluding steroid dienone is 3. The summed E-state index contributed by atoms with van der Waals surface area (Å²) in [7, 11) is 5.48. The van der Waals surface area contributed by atoms with Crippen LogP contribution < -0.4 is 15.0 Å². The molecule has 0 aromatic heterocycles. The number of carbonyl (C=O) groups excluding carboxylic acids is 3. The van der Waals surface area contributed by atoms with Crippen molar-refractivity contribution in [3.8, 4) is 5.75 Å². The molecule has 8 heteroatoms. The molecule has 2 aromatic carbocycles. The second-order valence-electron chi connectivity index (χ2n) is 9.87. The molecule has 2 aliphatic rings. The smallest absolute Gasteiger partial charge is 0.336 e. The van der Waals surface area contributed by atoms with E-state index in [1.165, 1.54) is 0 Å². The Labute approximate surface area is 229 Å². The molecule has 1 N–H and O–H groups in total. The minimum absolute atomic E-state index is 0.157. The fourth-order valence-electron chi connectivity index (χ4n) is 5.48. The number of nitrogens with zero attached hydrogens (tertiary/aromatic N) is 1. The van der Waals surface area contributed by atoms with Crippen molar-refractivity contribution in [2.24, 2.45) is 5.92 Å². The maximum absolute atomic E-state index is 14.4. The second kappa shape index (κ2) is 11.8. The highest BCUT2D eigenvalue weighted by atomic mass is 16.5. The third-order valence-electron chi connectivity index (χ3n) is 7.34. The third kappa shape index (κ3) is 5.41. The molecule has 0 saturated heterocycles. The van der Waals surface area contributed by atoms with Crippen LogP contribution in [0.5, 0.6) is 5.75 Å². The second-order valence-corrected chi connectivity index (χ2v) is 9.87. The number of anilines is 1. The fraction of sp³-hybridized carbons (Fsp3) is 0.387. The summed E-state index contributed by atoms with van der Waals surface area (Å²) in [5.41, 5.74) is 4.70. The molecular weight excluding hydrogens is 496 g/mol. The number of ketones is 1. The first kappa shape index (κ1) is 28.0. The summed E-state index contributed by atoms with van der Waals surface area (Å²) in [4.78, 5) is 42.9. The van der Waals surface area contributed by atoms with Gasteiger partial charge in [0.25, 0.3) is 0 Å². The van der Waals surface area contributed by atoms with Gasteiger partial charge < -0.3 is 24.4 Å². The van der Waals surface area contributed by atoms with E-state index >= 15 is 0 Å². The lowest BCUT2D eigenvalue weighted by molar-refractivity contribution is -0.152. The molecule has 0 radical (unpaired) electrons. The van der Waals surface area contributed by atoms with Crippen LogP contribution >= 0.6 is 0 Å². The molecule has 0 amide bonds. The maximum Gasteiger partial charge on any atom is 0.336 e. The van der Waals surface area contributed by atoms with E-state index in [9.17, 15) is 14.4 Å². The number of rotatable bonds is 8. The van der Waals surface area contributed by atoms with Gasteiger partial charge in [0.1, 0.15) is 11.7 Å². The van der Waals surface area contributed by atoms with Crippen LogP contribution in [0.15, 0.2) is 71.1 Å². The number of esters is 2. The zero-order valence-electron chi connectivity index (χ0n) is 23.4. The zero-order chi connectivity index (χ0) is 28.3. The average Bonchev–Trinajstić information content (AvgIpc) is 2.92. The third-order valence-corrected chi connectivity index (χ3v) is 7.34. The molecule has 0 fully saturated rings. The lowest BCUT2D eigenvalue weighted by Gasteiger charge is -2.39. The number of benzene rings is 2. The van der Waals surface area contributed by atoms with Crippen LogP contribution in [0.2, 0.25) is 0 Å². The van der Waals surface area contributed by atoms with Crippen LogP contribution in [0.25, 0.3) is 0 Å². The van der Waals surface area contributed by atoms with Gasteiger partial charge in [-0.05, 0) is 62.6 Å². The van der Waals surface area contributed by atoms with E-state index in [0.29, 0.717) is 34.7 Å². The molecule has 39 heavy (non-hydrogen) atoms. The molecule has 3 atom stereocenters. The van der Waals surface area contributed by atoms with E-state index < -0.39 is 29.7 Å². The van der Waals surface area contributed by atoms with E-state index in [4.69, 9.17) is 14.2 Å². The molecule has 2 aromatic rings. The molecule has 1 aliphatic heterocycles. The summed E-state index contributed by atoms with van der Waals surface area (Å²) in [5, 5.41) is 3.33. The predicted molar refractivity (Wildman–Crippen MR) is 148 cm³/mol. The summed E-state index contributed by atoms with van der Waals surface area (Å²) < 4.78 is 16.1. The topological polar surface area (TPSA) is 94.2 Å². The maximum atomic E-state index is 14.4. The Morgan fingerprint density at radius 2 is 1.56 bits per heavy atom. The van der Waals surface area contributed by atoms with Gasteiger partial charge in [0.15, 0.2) is 5.78 Å². The first-order valence-corrected chi connectivity index (χ1v) is 13.2. The number of hydrogen-bond acceptors (Lipinski definition) is 8. The molecule has 0 saturated carbocycles. The van der Waals surface area contributed by atoms with Crippen LogP contribution in [-0.2, 0) is 23.9 Å². The largest absolute Gasteiger partial charge is 0.497 e. The summed E-state index contributed by atoms with van der Waals surface area (Å²) in [6, 6.07) is 15.1. The lowest BCUT2D eigenvalue weighted by Crippen LogP contribution is -2.43. The van der Waals surface area contributed by atoms with Crippen LogP contribution in [0, 0.1) is 5.92 Å². The SMILES string of the molecule is CCOC(=O)C1=C(C)NC2=C(C(=O)[C@H](C(=O)OCC)[C@H](c3ccc(OC)cc3)C2)[C@@H]1c1ccc(N(C)C)cc1. The molecule has 1 aliphatic carbocycles. The van der Waals surface area contributed by atoms with Crippen molar-refractivity contribution in [2.45, 2.75) is 39.0 Å². The van der Waals surface area contributed by atoms with Gasteiger partial charge in [0, 0.05) is 48.6 Å². The number of Topliss-reactive ketones (excluding diaryl/α,β-unsaturated/α-hetero) is 1. The van der Waals surface area contributed by atoms with E-state index in [1.54, 1.807) is 21.0 Å². The fourth-order valence-corrected chi connectivity index (χ4v) is 5.48. The molecule has 206 valence electrons. The number of hydrogen-bond donors (Lipinski definition) is 1. The Balaban J connectivity index is 1.88. The molecule has 4 rings (SSSR count). The minimum atomic E-state index is -1.05. The molecule has 1 heterocycles. The quantitative estimate of drug-likeness (QED) is 0.393. The molecule has 0 spiro atoms. The number of methoxy groups -OCH3 is 1. The number of ether oxygens (including phenoxy) is 3. The van der Waals surface area contributed by atoms with Crippen molar-refractivity contribution in [3.63, 3.8) is 0 Å². The Morgan fingerprint density at radius 3 is 2.13 bits per heavy atom. The van der Waals surface area contributed by atoms with Crippen LogP contribution in [0.1, 0.15) is 50.2 Å². The van der Waals surface area contributed by atoms with Gasteiger partial charge in [-0.1, -0.05) is 24.3 Å². The van der Waals surface area contributed by atoms with E-state index in [0.717, 1.165) is 16.8 Å². The van der Waals surface area contributed by atoms with Gasteiger partial charge in [-0.15, -0.1) is 0 Å². The monoisotopic (exact) mass is 532 g/mol. The van der Waals surface area contributed by atoms with Gasteiger partial charge in [0.2, 0.25) is 0 Å². The summed E-state index contributed by atoms with van der Waals surface area (Å²) in [5.74, 6) is -2.90. The van der Waals surface area contributed by atoms with E-state index in [1.807, 2.05) is 74.4 Å². The Kier molecular flexibility index (Phi) is 8.43. The number of nitrogens with one attached hydrogen (secondary N) is 1. The predicted octanol–water partition coefficient (Wildman–Crippen LogP) is 4.48. The van der Waals surface area contributed by atoms with Gasteiger partial charge in [-0.3, -0.25) is 9.59 Å². The van der Waals surface area contributed by atoms with Crippen molar-refractivity contribution in [2.75, 3.05) is 39.3 Å². The standard InChI is InChI=1S/C31H36N2O6/c1-7-38-30(35)25-18(3)32-24-17-23(19-11-15-22(37-6)16-12-19)27(31(36)39-8-2)29(34)28(24)26(25)20-9-13-21(14-10-20)33(4)5/h9-16,23,26-27,32H,7-8,17H2,1-6H3/t23-,26+,27+/m0/s1. The van der Waals surface area contributed by atoms with Crippen molar-refractivity contribution < 1.29 is 28.6 Å². The molecule has 8 nitrogen and oxygen atoms in total. The highest BCUT2D eigenvalue weighted by Crippen LogP contribution is 2.48. The molecular formula is C31H36N2O6. The Bertz CT molecular complexity index is 1310. The zero-order valence-corrected chi connectivity index (χ0v) is 23.4. The first-order chi connectivity index (χ1) is 18.7. The van der Waals surface area contributed by atoms with Gasteiger partial charge in [-0.2, -0.15) is 0 Å². The first-order valence-electron chi connectivity index (χ1n) is 13.2. The molecule has 0 bridgehead atoms. The van der Waals surface area contributed by atoms with Crippen LogP contribution in [-0.4, -0.2) is 52.1 Å². The minimum Gasteiger partial charge on any atom is -0.497 e. The normalized spacial score (nSPS) is 20.7. The summed E-state index contributed by atoms with van der Waals surface area (Å²) in [6.45, 7) is 5.65. The van der Waals surface area contributed by atoms with Gasteiger partial charge in [0.05, 0.1) is 25.9 Å². The summed E-state index contributed by atoms with van der Waals surface area (Å²) >= 11 is 0. The van der Waals surface area contributed by atoms with Crippen molar-refractivity contribution in [3.05, 3.63) is 82.2 Å². The van der Waals surface area contributed by atoms with Crippen molar-refractivity contribution in [1.82, 2.24) is 5.32 Å². The van der Waals surface area contributed by atoms with Gasteiger partial charge in [-0.25, -0.2) is 4.79 Å². The Morgan fingerprint density at radius 1 is 0.949 bits per heavy atom. The molecule has 0 unspecified atom stereocenters. The number of carbonyl (C=O) groups is 3. The lowest BCUT2D eigenvalue weighted by atomic mass is 9.67. The summed E-state index contributed by atoms with van der Waals surface area (Å²) in [6.07, 6.45) is 0.399. The highest BCUT2D eigenvalue weighted by molar-refractivity contribution is 6.13. The van der Waals surface area contributed by atoms with Crippen LogP contribution in [0.3, 0.4) is 0 Å². The average molecular weight is 533 g/mol. The van der Waals surface area contributed by atoms with Gasteiger partial charge >= 0.3 is 11.9 Å².